The molecule has 0 fully saturated rings. The van der Waals surface area contributed by atoms with Gasteiger partial charge in [-0.05, 0) is 24.3 Å². The van der Waals surface area contributed by atoms with Gasteiger partial charge >= 0.3 is 0 Å². The highest BCUT2D eigenvalue weighted by molar-refractivity contribution is 7.90. The molecule has 0 aromatic heterocycles. The predicted molar refractivity (Wildman–Crippen MR) is 77.1 cm³/mol. The van der Waals surface area contributed by atoms with E-state index in [9.17, 15) is 22.9 Å². The lowest BCUT2D eigenvalue weighted by atomic mass is 10.2. The number of anilines is 1. The molecule has 7 nitrogen and oxygen atoms in total. The van der Waals surface area contributed by atoms with Gasteiger partial charge in [0.1, 0.15) is 11.4 Å². The second-order valence-electron chi connectivity index (χ2n) is 4.44. The molecular weight excluding hydrogens is 315 g/mol. The summed E-state index contributed by atoms with van der Waals surface area (Å²) in [6.07, 6.45) is 1.06. The average molecular weight is 326 g/mol. The van der Waals surface area contributed by atoms with Crippen LogP contribution in [0.2, 0.25) is 0 Å². The van der Waals surface area contributed by atoms with Crippen LogP contribution in [-0.2, 0) is 9.84 Å². The largest absolute Gasteiger partial charge is 0.454 e. The molecule has 0 bridgehead atoms. The Labute approximate surface area is 125 Å². The molecule has 0 radical (unpaired) electrons. The maximum atomic E-state index is 13.8. The summed E-state index contributed by atoms with van der Waals surface area (Å²) in [5, 5.41) is 10.6. The number of nitrogens with zero attached hydrogens (tertiary/aromatic N) is 1. The number of nitro groups is 1. The van der Waals surface area contributed by atoms with E-state index in [2.05, 4.69) is 0 Å². The lowest BCUT2D eigenvalue weighted by Crippen LogP contribution is -1.99. The zero-order chi connectivity index (χ0) is 16.5. The van der Waals surface area contributed by atoms with Crippen LogP contribution in [-0.4, -0.2) is 19.6 Å². The van der Waals surface area contributed by atoms with Crippen molar-refractivity contribution in [1.29, 1.82) is 0 Å². The maximum absolute atomic E-state index is 13.8. The number of ether oxygens (including phenoxy) is 1. The Kier molecular flexibility index (Phi) is 4.00. The first-order valence-electron chi connectivity index (χ1n) is 5.90. The van der Waals surface area contributed by atoms with Crippen molar-refractivity contribution in [3.05, 3.63) is 52.3 Å². The molecule has 9 heteroatoms. The van der Waals surface area contributed by atoms with Crippen LogP contribution >= 0.6 is 0 Å². The summed E-state index contributed by atoms with van der Waals surface area (Å²) in [6.45, 7) is 0. The summed E-state index contributed by atoms with van der Waals surface area (Å²) in [4.78, 5) is 9.92. The van der Waals surface area contributed by atoms with Crippen LogP contribution in [0.25, 0.3) is 0 Å². The quantitative estimate of drug-likeness (QED) is 0.525. The summed E-state index contributed by atoms with van der Waals surface area (Å²) < 4.78 is 41.6. The van der Waals surface area contributed by atoms with E-state index in [1.54, 1.807) is 0 Å². The SMILES string of the molecule is CS(=O)(=O)c1ccc(Oc2cc(N)c([N+](=O)[O-])cc2F)cc1. The first-order chi connectivity index (χ1) is 10.2. The zero-order valence-electron chi connectivity index (χ0n) is 11.3. The molecule has 2 rings (SSSR count). The van der Waals surface area contributed by atoms with Crippen molar-refractivity contribution in [2.75, 3.05) is 12.0 Å². The number of benzene rings is 2. The highest BCUT2D eigenvalue weighted by Gasteiger charge is 2.17. The molecule has 116 valence electrons. The molecule has 22 heavy (non-hydrogen) atoms. The average Bonchev–Trinajstić information content (AvgIpc) is 2.41. The van der Waals surface area contributed by atoms with E-state index in [-0.39, 0.29) is 22.1 Å². The lowest BCUT2D eigenvalue weighted by Gasteiger charge is -2.08. The van der Waals surface area contributed by atoms with E-state index in [0.29, 0.717) is 6.07 Å². The summed E-state index contributed by atoms with van der Waals surface area (Å²) in [6, 6.07) is 6.95. The smallest absolute Gasteiger partial charge is 0.295 e. The van der Waals surface area contributed by atoms with Crippen LogP contribution in [0.1, 0.15) is 0 Å². The number of nitrogens with two attached hydrogens (primary N) is 1. The van der Waals surface area contributed by atoms with Crippen LogP contribution in [0.4, 0.5) is 15.8 Å². The van der Waals surface area contributed by atoms with Crippen LogP contribution in [0.15, 0.2) is 41.3 Å². The van der Waals surface area contributed by atoms with E-state index in [1.165, 1.54) is 24.3 Å². The fraction of sp³-hybridized carbons (Fsp3) is 0.0769. The molecular formula is C13H11FN2O5S. The molecule has 0 unspecified atom stereocenters. The normalized spacial score (nSPS) is 11.2. The van der Waals surface area contributed by atoms with Crippen molar-refractivity contribution in [3.63, 3.8) is 0 Å². The van der Waals surface area contributed by atoms with Crippen LogP contribution < -0.4 is 10.5 Å². The first-order valence-corrected chi connectivity index (χ1v) is 7.79. The van der Waals surface area contributed by atoms with E-state index < -0.39 is 26.3 Å². The number of nitrogen functional groups attached to an aromatic ring is 1. The second-order valence-corrected chi connectivity index (χ2v) is 6.46. The maximum Gasteiger partial charge on any atom is 0.295 e. The summed E-state index contributed by atoms with van der Waals surface area (Å²) >= 11 is 0. The van der Waals surface area contributed by atoms with Gasteiger partial charge in [0.2, 0.25) is 0 Å². The van der Waals surface area contributed by atoms with Crippen LogP contribution in [0, 0.1) is 15.9 Å². The van der Waals surface area contributed by atoms with Gasteiger partial charge in [-0.1, -0.05) is 0 Å². The Morgan fingerprint density at radius 2 is 1.82 bits per heavy atom. The van der Waals surface area contributed by atoms with E-state index in [1.807, 2.05) is 0 Å². The van der Waals surface area contributed by atoms with Gasteiger partial charge in [0, 0.05) is 12.3 Å². The summed E-state index contributed by atoms with van der Waals surface area (Å²) in [5.41, 5.74) is 4.66. The number of sulfone groups is 1. The highest BCUT2D eigenvalue weighted by Crippen LogP contribution is 2.32. The van der Waals surface area contributed by atoms with Gasteiger partial charge in [-0.25, -0.2) is 12.8 Å². The third-order valence-electron chi connectivity index (χ3n) is 2.76. The van der Waals surface area contributed by atoms with E-state index >= 15 is 0 Å². The minimum Gasteiger partial charge on any atom is -0.454 e. The van der Waals surface area contributed by atoms with Crippen LogP contribution in [0.3, 0.4) is 0 Å². The molecule has 0 amide bonds. The molecule has 0 atom stereocenters. The highest BCUT2D eigenvalue weighted by atomic mass is 32.2. The Morgan fingerprint density at radius 3 is 2.32 bits per heavy atom. The number of halogens is 1. The number of nitro benzene ring substituents is 1. The molecule has 0 spiro atoms. The van der Waals surface area contributed by atoms with E-state index in [0.717, 1.165) is 12.3 Å². The van der Waals surface area contributed by atoms with Gasteiger partial charge < -0.3 is 10.5 Å². The summed E-state index contributed by atoms with van der Waals surface area (Å²) in [5.74, 6) is -1.08. The van der Waals surface area contributed by atoms with Gasteiger partial charge in [-0.15, -0.1) is 0 Å². The number of hydrogen-bond acceptors (Lipinski definition) is 6. The fourth-order valence-electron chi connectivity index (χ4n) is 1.68. The molecule has 0 aliphatic rings. The van der Waals surface area contributed by atoms with Crippen molar-refractivity contribution in [1.82, 2.24) is 0 Å². The molecule has 0 saturated heterocycles. The minimum absolute atomic E-state index is 0.0866. The molecule has 2 N–H and O–H groups in total. The van der Waals surface area contributed by atoms with Gasteiger partial charge in [-0.3, -0.25) is 10.1 Å². The monoisotopic (exact) mass is 326 g/mol. The van der Waals surface area contributed by atoms with Gasteiger partial charge in [0.05, 0.1) is 15.9 Å². The topological polar surface area (TPSA) is 113 Å². The van der Waals surface area contributed by atoms with Gasteiger partial charge in [-0.2, -0.15) is 0 Å². The van der Waals surface area contributed by atoms with Crippen molar-refractivity contribution < 1.29 is 22.5 Å². The number of hydrogen-bond donors (Lipinski definition) is 1. The molecule has 0 aliphatic carbocycles. The van der Waals surface area contributed by atoms with E-state index in [4.69, 9.17) is 10.5 Å². The van der Waals surface area contributed by atoms with Crippen molar-refractivity contribution in [2.24, 2.45) is 0 Å². The van der Waals surface area contributed by atoms with Crippen molar-refractivity contribution in [3.8, 4) is 11.5 Å². The fourth-order valence-corrected chi connectivity index (χ4v) is 2.31. The Balaban J connectivity index is 2.31. The Hall–Kier alpha value is -2.68. The molecule has 0 saturated carbocycles. The standard InChI is InChI=1S/C13H11FN2O5S/c1-22(19,20)9-4-2-8(3-5-9)21-13-7-11(15)12(16(17)18)6-10(13)14/h2-7H,15H2,1H3. The lowest BCUT2D eigenvalue weighted by molar-refractivity contribution is -0.384. The second kappa shape index (κ2) is 5.60. The summed E-state index contributed by atoms with van der Waals surface area (Å²) in [7, 11) is -3.35. The third-order valence-corrected chi connectivity index (χ3v) is 3.89. The van der Waals surface area contributed by atoms with Gasteiger partial charge in [0.25, 0.3) is 5.69 Å². The zero-order valence-corrected chi connectivity index (χ0v) is 12.1. The van der Waals surface area contributed by atoms with Crippen molar-refractivity contribution >= 4 is 21.2 Å². The molecule has 2 aromatic carbocycles. The Bertz CT molecular complexity index is 834. The first kappa shape index (κ1) is 15.7. The van der Waals surface area contributed by atoms with Crippen LogP contribution in [0.5, 0.6) is 11.5 Å². The molecule has 2 aromatic rings. The molecule has 0 aliphatic heterocycles. The minimum atomic E-state index is -3.35. The Morgan fingerprint density at radius 1 is 1.23 bits per heavy atom. The molecule has 0 heterocycles. The predicted octanol–water partition coefficient (Wildman–Crippen LogP) is 2.51. The van der Waals surface area contributed by atoms with Gasteiger partial charge in [0.15, 0.2) is 21.4 Å². The number of rotatable bonds is 4. The third kappa shape index (κ3) is 3.31. The van der Waals surface area contributed by atoms with Crippen molar-refractivity contribution in [2.45, 2.75) is 4.90 Å².